The first kappa shape index (κ1) is 14.4. The molecule has 0 aliphatic carbocycles. The highest BCUT2D eigenvalue weighted by Crippen LogP contribution is 2.22. The highest BCUT2D eigenvalue weighted by molar-refractivity contribution is 7.99. The molecule has 96 valence electrons. The van der Waals surface area contributed by atoms with Gasteiger partial charge in [0.15, 0.2) is 0 Å². The van der Waals surface area contributed by atoms with Crippen LogP contribution in [0.1, 0.15) is 26.2 Å². The van der Waals surface area contributed by atoms with E-state index in [1.165, 1.54) is 29.9 Å². The van der Waals surface area contributed by atoms with Crippen molar-refractivity contribution < 1.29 is 4.74 Å². The first-order valence-electron chi connectivity index (χ1n) is 6.24. The van der Waals surface area contributed by atoms with Gasteiger partial charge in [-0.3, -0.25) is 0 Å². The summed E-state index contributed by atoms with van der Waals surface area (Å²) in [6.45, 7) is 2.23. The Kier molecular flexibility index (Phi) is 7.13. The van der Waals surface area contributed by atoms with Gasteiger partial charge in [0.25, 0.3) is 0 Å². The molecule has 0 saturated heterocycles. The molecule has 0 aromatic heterocycles. The van der Waals surface area contributed by atoms with Crippen LogP contribution in [0.3, 0.4) is 0 Å². The third-order valence-corrected chi connectivity index (χ3v) is 4.02. The summed E-state index contributed by atoms with van der Waals surface area (Å²) < 4.78 is 5.14. The van der Waals surface area contributed by atoms with Crippen LogP contribution < -0.4 is 10.1 Å². The van der Waals surface area contributed by atoms with Gasteiger partial charge < -0.3 is 10.1 Å². The van der Waals surface area contributed by atoms with Crippen LogP contribution in [0.25, 0.3) is 0 Å². The Morgan fingerprint density at radius 1 is 1.29 bits per heavy atom. The average Bonchev–Trinajstić information content (AvgIpc) is 2.40. The summed E-state index contributed by atoms with van der Waals surface area (Å²) in [7, 11) is 3.75. The lowest BCUT2D eigenvalue weighted by molar-refractivity contribution is 0.414. The number of rotatable bonds is 8. The summed E-state index contributed by atoms with van der Waals surface area (Å²) in [6, 6.07) is 8.96. The normalized spacial score (nSPS) is 12.4. The molecule has 0 fully saturated rings. The Balaban J connectivity index is 2.21. The van der Waals surface area contributed by atoms with E-state index in [1.807, 2.05) is 30.9 Å². The summed E-state index contributed by atoms with van der Waals surface area (Å²) in [6.07, 6.45) is 3.73. The van der Waals surface area contributed by atoms with E-state index in [-0.39, 0.29) is 0 Å². The minimum Gasteiger partial charge on any atom is -0.497 e. The number of thioether (sulfide) groups is 1. The second-order valence-electron chi connectivity index (χ2n) is 4.06. The molecule has 1 N–H and O–H groups in total. The molecule has 3 heteroatoms. The molecule has 17 heavy (non-hydrogen) atoms. The van der Waals surface area contributed by atoms with Crippen molar-refractivity contribution in [3.05, 3.63) is 24.3 Å². The minimum absolute atomic E-state index is 0.673. The lowest BCUT2D eigenvalue weighted by Crippen LogP contribution is -2.23. The molecule has 2 nitrogen and oxygen atoms in total. The third kappa shape index (κ3) is 5.46. The number of hydrogen-bond donors (Lipinski definition) is 1. The fourth-order valence-corrected chi connectivity index (χ4v) is 2.62. The number of benzene rings is 1. The SMILES string of the molecule is CCC(CCCSc1ccc(OC)cc1)NC. The molecule has 0 radical (unpaired) electrons. The van der Waals surface area contributed by atoms with Crippen LogP contribution in [0.15, 0.2) is 29.2 Å². The van der Waals surface area contributed by atoms with E-state index in [9.17, 15) is 0 Å². The van der Waals surface area contributed by atoms with Crippen LogP contribution in [-0.2, 0) is 0 Å². The average molecular weight is 253 g/mol. The van der Waals surface area contributed by atoms with Crippen molar-refractivity contribution in [2.24, 2.45) is 0 Å². The molecule has 0 spiro atoms. The summed E-state index contributed by atoms with van der Waals surface area (Å²) >= 11 is 1.92. The monoisotopic (exact) mass is 253 g/mol. The Morgan fingerprint density at radius 3 is 2.53 bits per heavy atom. The molecule has 0 aliphatic rings. The van der Waals surface area contributed by atoms with Gasteiger partial charge in [0, 0.05) is 10.9 Å². The van der Waals surface area contributed by atoms with Gasteiger partial charge in [0.05, 0.1) is 7.11 Å². The van der Waals surface area contributed by atoms with E-state index in [2.05, 4.69) is 24.4 Å². The van der Waals surface area contributed by atoms with Crippen molar-refractivity contribution >= 4 is 11.8 Å². The van der Waals surface area contributed by atoms with Crippen LogP contribution in [0.5, 0.6) is 5.75 Å². The smallest absolute Gasteiger partial charge is 0.118 e. The first-order chi connectivity index (χ1) is 8.30. The summed E-state index contributed by atoms with van der Waals surface area (Å²) in [5.41, 5.74) is 0. The van der Waals surface area contributed by atoms with Crippen LogP contribution in [-0.4, -0.2) is 26.0 Å². The van der Waals surface area contributed by atoms with Gasteiger partial charge in [-0.25, -0.2) is 0 Å². The molecule has 0 aliphatic heterocycles. The number of ether oxygens (including phenoxy) is 1. The number of methoxy groups -OCH3 is 1. The van der Waals surface area contributed by atoms with Crippen LogP contribution in [0.2, 0.25) is 0 Å². The summed E-state index contributed by atoms with van der Waals surface area (Å²) in [4.78, 5) is 1.32. The van der Waals surface area contributed by atoms with E-state index in [1.54, 1.807) is 7.11 Å². The molecule has 1 unspecified atom stereocenters. The number of hydrogen-bond acceptors (Lipinski definition) is 3. The molecule has 1 aromatic carbocycles. The van der Waals surface area contributed by atoms with Gasteiger partial charge in [-0.05, 0) is 56.3 Å². The second-order valence-corrected chi connectivity index (χ2v) is 5.23. The van der Waals surface area contributed by atoms with E-state index in [0.29, 0.717) is 6.04 Å². The van der Waals surface area contributed by atoms with Crippen molar-refractivity contribution in [3.8, 4) is 5.75 Å². The van der Waals surface area contributed by atoms with Crippen molar-refractivity contribution in [3.63, 3.8) is 0 Å². The molecule has 0 amide bonds. The van der Waals surface area contributed by atoms with E-state index in [4.69, 9.17) is 4.74 Å². The predicted octanol–water partition coefficient (Wildman–Crippen LogP) is 3.57. The maximum Gasteiger partial charge on any atom is 0.118 e. The molecular weight excluding hydrogens is 230 g/mol. The zero-order valence-corrected chi connectivity index (χ0v) is 11.8. The van der Waals surface area contributed by atoms with Crippen LogP contribution in [0, 0.1) is 0 Å². The quantitative estimate of drug-likeness (QED) is 0.565. The van der Waals surface area contributed by atoms with Crippen LogP contribution in [0.4, 0.5) is 0 Å². The predicted molar refractivity (Wildman–Crippen MR) is 76.1 cm³/mol. The zero-order chi connectivity index (χ0) is 12.5. The fraction of sp³-hybridized carbons (Fsp3) is 0.571. The molecule has 0 heterocycles. The number of nitrogens with one attached hydrogen (secondary N) is 1. The summed E-state index contributed by atoms with van der Waals surface area (Å²) in [5.74, 6) is 2.11. The Bertz CT molecular complexity index is 296. The Hall–Kier alpha value is -0.670. The van der Waals surface area contributed by atoms with Gasteiger partial charge in [0.1, 0.15) is 5.75 Å². The molecule has 1 atom stereocenters. The minimum atomic E-state index is 0.673. The lowest BCUT2D eigenvalue weighted by Gasteiger charge is -2.12. The van der Waals surface area contributed by atoms with Gasteiger partial charge in [0.2, 0.25) is 0 Å². The van der Waals surface area contributed by atoms with Crippen molar-refractivity contribution in [2.75, 3.05) is 19.9 Å². The van der Waals surface area contributed by atoms with Crippen molar-refractivity contribution in [1.29, 1.82) is 0 Å². The molecule has 1 aromatic rings. The van der Waals surface area contributed by atoms with E-state index in [0.717, 1.165) is 5.75 Å². The molecule has 1 rings (SSSR count). The molecular formula is C14H23NOS. The van der Waals surface area contributed by atoms with Gasteiger partial charge in [-0.2, -0.15) is 0 Å². The standard InChI is InChI=1S/C14H23NOS/c1-4-12(15-2)6-5-11-17-14-9-7-13(16-3)8-10-14/h7-10,12,15H,4-6,11H2,1-3H3. The highest BCUT2D eigenvalue weighted by atomic mass is 32.2. The Labute approximate surface area is 109 Å². The van der Waals surface area contributed by atoms with Gasteiger partial charge in [-0.15, -0.1) is 11.8 Å². The maximum atomic E-state index is 5.14. The Morgan fingerprint density at radius 2 is 2.00 bits per heavy atom. The largest absolute Gasteiger partial charge is 0.497 e. The third-order valence-electron chi connectivity index (χ3n) is 2.93. The highest BCUT2D eigenvalue weighted by Gasteiger charge is 2.02. The second kappa shape index (κ2) is 8.43. The summed E-state index contributed by atoms with van der Waals surface area (Å²) in [5, 5.41) is 3.34. The van der Waals surface area contributed by atoms with Crippen LogP contribution >= 0.6 is 11.8 Å². The molecule has 0 bridgehead atoms. The van der Waals surface area contributed by atoms with Gasteiger partial charge >= 0.3 is 0 Å². The maximum absolute atomic E-state index is 5.14. The van der Waals surface area contributed by atoms with Crippen molar-refractivity contribution in [1.82, 2.24) is 5.32 Å². The fourth-order valence-electron chi connectivity index (χ4n) is 1.74. The van der Waals surface area contributed by atoms with Gasteiger partial charge in [-0.1, -0.05) is 6.92 Å². The van der Waals surface area contributed by atoms with E-state index >= 15 is 0 Å². The van der Waals surface area contributed by atoms with E-state index < -0.39 is 0 Å². The zero-order valence-electron chi connectivity index (χ0n) is 11.0. The lowest BCUT2D eigenvalue weighted by atomic mass is 10.1. The topological polar surface area (TPSA) is 21.3 Å². The first-order valence-corrected chi connectivity index (χ1v) is 7.22. The molecule has 0 saturated carbocycles. The van der Waals surface area contributed by atoms with Crippen molar-refractivity contribution in [2.45, 2.75) is 37.1 Å².